The van der Waals surface area contributed by atoms with Crippen molar-refractivity contribution in [2.24, 2.45) is 7.05 Å². The van der Waals surface area contributed by atoms with Crippen LogP contribution in [0.4, 0.5) is 0 Å². The van der Waals surface area contributed by atoms with Gasteiger partial charge in [-0.25, -0.2) is 4.98 Å². The Hall–Kier alpha value is -2.87. The number of hydrogen-bond donors (Lipinski definition) is 0. The molecule has 4 heterocycles. The Labute approximate surface area is 157 Å². The molecule has 1 aliphatic rings. The lowest BCUT2D eigenvalue weighted by molar-refractivity contribution is 0.0623. The van der Waals surface area contributed by atoms with E-state index in [4.69, 9.17) is 8.83 Å². The molecule has 1 amide bonds. The van der Waals surface area contributed by atoms with Gasteiger partial charge in [-0.2, -0.15) is 5.10 Å². The van der Waals surface area contributed by atoms with Gasteiger partial charge in [0.05, 0.1) is 12.0 Å². The molecule has 0 N–H and O–H groups in total. The van der Waals surface area contributed by atoms with E-state index >= 15 is 0 Å². The summed E-state index contributed by atoms with van der Waals surface area (Å²) < 4.78 is 12.6. The highest BCUT2D eigenvalue weighted by atomic mass is 16.4. The average Bonchev–Trinajstić information content (AvgIpc) is 3.39. The molecule has 142 valence electrons. The Bertz CT molecular complexity index is 933. The largest absolute Gasteiger partial charge is 0.461 e. The van der Waals surface area contributed by atoms with Gasteiger partial charge in [-0.15, -0.1) is 0 Å². The maximum atomic E-state index is 12.9. The molecular formula is C19H23N5O3. The van der Waals surface area contributed by atoms with E-state index in [0.29, 0.717) is 30.3 Å². The fourth-order valence-electron chi connectivity index (χ4n) is 3.51. The smallest absolute Gasteiger partial charge is 0.276 e. The van der Waals surface area contributed by atoms with Crippen molar-refractivity contribution in [3.63, 3.8) is 0 Å². The molecule has 0 unspecified atom stereocenters. The SMILES string of the molecule is Cc1nn(C)c(C)c1CN1CCN(C(=O)c2ncoc2-c2ccco2)CC1. The molecule has 8 heteroatoms. The van der Waals surface area contributed by atoms with Crippen molar-refractivity contribution in [2.45, 2.75) is 20.4 Å². The van der Waals surface area contributed by atoms with Gasteiger partial charge in [0.15, 0.2) is 17.8 Å². The first-order chi connectivity index (χ1) is 13.0. The predicted molar refractivity (Wildman–Crippen MR) is 98.1 cm³/mol. The Kier molecular flexibility index (Phi) is 4.57. The molecule has 0 aliphatic carbocycles. The highest BCUT2D eigenvalue weighted by molar-refractivity contribution is 5.97. The number of carbonyl (C=O) groups excluding carboxylic acids is 1. The molecule has 4 rings (SSSR count). The van der Waals surface area contributed by atoms with E-state index in [1.54, 1.807) is 18.4 Å². The zero-order valence-corrected chi connectivity index (χ0v) is 15.8. The summed E-state index contributed by atoms with van der Waals surface area (Å²) in [5, 5.41) is 4.48. The summed E-state index contributed by atoms with van der Waals surface area (Å²) in [5.74, 6) is 0.773. The third kappa shape index (κ3) is 3.28. The summed E-state index contributed by atoms with van der Waals surface area (Å²) in [6, 6.07) is 3.51. The summed E-state index contributed by atoms with van der Waals surface area (Å²) in [7, 11) is 1.97. The van der Waals surface area contributed by atoms with E-state index < -0.39 is 0 Å². The van der Waals surface area contributed by atoms with Crippen molar-refractivity contribution in [1.82, 2.24) is 24.6 Å². The van der Waals surface area contributed by atoms with Crippen LogP contribution in [0.1, 0.15) is 27.4 Å². The second kappa shape index (κ2) is 7.03. The van der Waals surface area contributed by atoms with E-state index in [0.717, 1.165) is 25.3 Å². The van der Waals surface area contributed by atoms with Crippen molar-refractivity contribution in [3.05, 3.63) is 47.4 Å². The summed E-state index contributed by atoms with van der Waals surface area (Å²) in [6.45, 7) is 7.93. The first kappa shape index (κ1) is 17.5. The fraction of sp³-hybridized carbons (Fsp3) is 0.421. The molecule has 0 bridgehead atoms. The third-order valence-corrected chi connectivity index (χ3v) is 5.22. The molecule has 0 spiro atoms. The van der Waals surface area contributed by atoms with Crippen LogP contribution < -0.4 is 0 Å². The number of amides is 1. The predicted octanol–water partition coefficient (Wildman–Crippen LogP) is 2.24. The maximum Gasteiger partial charge on any atom is 0.276 e. The van der Waals surface area contributed by atoms with E-state index in [9.17, 15) is 4.79 Å². The fourth-order valence-corrected chi connectivity index (χ4v) is 3.51. The number of carbonyl (C=O) groups is 1. The first-order valence-electron chi connectivity index (χ1n) is 9.02. The molecule has 27 heavy (non-hydrogen) atoms. The van der Waals surface area contributed by atoms with Crippen LogP contribution in [-0.4, -0.2) is 56.7 Å². The lowest BCUT2D eigenvalue weighted by Crippen LogP contribution is -2.48. The van der Waals surface area contributed by atoms with Gasteiger partial charge in [-0.1, -0.05) is 0 Å². The minimum Gasteiger partial charge on any atom is -0.461 e. The van der Waals surface area contributed by atoms with Gasteiger partial charge < -0.3 is 13.7 Å². The highest BCUT2D eigenvalue weighted by Crippen LogP contribution is 2.25. The Morgan fingerprint density at radius 3 is 2.59 bits per heavy atom. The molecule has 8 nitrogen and oxygen atoms in total. The van der Waals surface area contributed by atoms with Crippen LogP contribution >= 0.6 is 0 Å². The monoisotopic (exact) mass is 369 g/mol. The van der Waals surface area contributed by atoms with Gasteiger partial charge in [0.1, 0.15) is 0 Å². The second-order valence-corrected chi connectivity index (χ2v) is 6.85. The molecule has 1 fully saturated rings. The Morgan fingerprint density at radius 1 is 1.19 bits per heavy atom. The van der Waals surface area contributed by atoms with E-state index in [-0.39, 0.29) is 5.91 Å². The molecule has 0 saturated carbocycles. The van der Waals surface area contributed by atoms with Gasteiger partial charge in [-0.3, -0.25) is 14.4 Å². The van der Waals surface area contributed by atoms with Gasteiger partial charge in [-0.05, 0) is 26.0 Å². The summed E-state index contributed by atoms with van der Waals surface area (Å²) in [5.41, 5.74) is 3.84. The lowest BCUT2D eigenvalue weighted by Gasteiger charge is -2.34. The van der Waals surface area contributed by atoms with Crippen molar-refractivity contribution >= 4 is 5.91 Å². The van der Waals surface area contributed by atoms with Crippen molar-refractivity contribution < 1.29 is 13.6 Å². The van der Waals surface area contributed by atoms with E-state index in [1.165, 1.54) is 17.7 Å². The van der Waals surface area contributed by atoms with Gasteiger partial charge >= 0.3 is 0 Å². The molecule has 1 saturated heterocycles. The molecule has 0 aromatic carbocycles. The number of rotatable bonds is 4. The number of nitrogens with zero attached hydrogens (tertiary/aromatic N) is 5. The normalized spacial score (nSPS) is 15.4. The number of aromatic nitrogens is 3. The molecule has 0 radical (unpaired) electrons. The van der Waals surface area contributed by atoms with Crippen molar-refractivity contribution in [2.75, 3.05) is 26.2 Å². The van der Waals surface area contributed by atoms with Crippen LogP contribution in [0.15, 0.2) is 33.6 Å². The lowest BCUT2D eigenvalue weighted by atomic mass is 10.1. The maximum absolute atomic E-state index is 12.9. The zero-order chi connectivity index (χ0) is 19.0. The number of piperazine rings is 1. The Morgan fingerprint density at radius 2 is 1.96 bits per heavy atom. The minimum absolute atomic E-state index is 0.122. The number of aryl methyl sites for hydroxylation is 2. The number of oxazole rings is 1. The highest BCUT2D eigenvalue weighted by Gasteiger charge is 2.28. The third-order valence-electron chi connectivity index (χ3n) is 5.22. The summed E-state index contributed by atoms with van der Waals surface area (Å²) in [6.07, 6.45) is 2.84. The standard InChI is InChI=1S/C19H23N5O3/c1-13-15(14(2)22(3)21-13)11-23-6-8-24(9-7-23)19(25)17-18(27-12-20-17)16-5-4-10-26-16/h4-5,10,12H,6-9,11H2,1-3H3. The van der Waals surface area contributed by atoms with Crippen LogP contribution in [0.3, 0.4) is 0 Å². The van der Waals surface area contributed by atoms with Crippen molar-refractivity contribution in [3.8, 4) is 11.5 Å². The van der Waals surface area contributed by atoms with Crippen LogP contribution in [0.5, 0.6) is 0 Å². The quantitative estimate of drug-likeness (QED) is 0.702. The first-order valence-corrected chi connectivity index (χ1v) is 9.02. The van der Waals surface area contributed by atoms with Gasteiger partial charge in [0, 0.05) is 51.0 Å². The van der Waals surface area contributed by atoms with Crippen LogP contribution in [0.25, 0.3) is 11.5 Å². The van der Waals surface area contributed by atoms with Crippen molar-refractivity contribution in [1.29, 1.82) is 0 Å². The molecule has 3 aromatic heterocycles. The van der Waals surface area contributed by atoms with E-state index in [1.807, 2.05) is 23.6 Å². The second-order valence-electron chi connectivity index (χ2n) is 6.85. The van der Waals surface area contributed by atoms with Crippen LogP contribution in [0.2, 0.25) is 0 Å². The minimum atomic E-state index is -0.122. The Balaban J connectivity index is 1.41. The average molecular weight is 369 g/mol. The van der Waals surface area contributed by atoms with Gasteiger partial charge in [0.25, 0.3) is 5.91 Å². The molecule has 3 aromatic rings. The summed E-state index contributed by atoms with van der Waals surface area (Å²) in [4.78, 5) is 21.2. The molecule has 1 aliphatic heterocycles. The van der Waals surface area contributed by atoms with Gasteiger partial charge in [0.2, 0.25) is 5.76 Å². The number of furan rings is 1. The molecular weight excluding hydrogens is 346 g/mol. The zero-order valence-electron chi connectivity index (χ0n) is 15.8. The summed E-state index contributed by atoms with van der Waals surface area (Å²) >= 11 is 0. The van der Waals surface area contributed by atoms with Crippen LogP contribution in [0, 0.1) is 13.8 Å². The number of hydrogen-bond acceptors (Lipinski definition) is 6. The van der Waals surface area contributed by atoms with E-state index in [2.05, 4.69) is 21.9 Å². The molecule has 0 atom stereocenters. The van der Waals surface area contributed by atoms with Crippen LogP contribution in [-0.2, 0) is 13.6 Å². The topological polar surface area (TPSA) is 80.5 Å².